The molecule has 0 aromatic heterocycles. The van der Waals surface area contributed by atoms with Gasteiger partial charge in [-0.1, -0.05) is 19.3 Å². The van der Waals surface area contributed by atoms with Crippen LogP contribution in [0, 0.1) is 0 Å². The minimum atomic E-state index is -0.620. The van der Waals surface area contributed by atoms with Crippen molar-refractivity contribution < 1.29 is 24.0 Å². The molecule has 0 radical (unpaired) electrons. The second-order valence-corrected chi connectivity index (χ2v) is 15.3. The first-order chi connectivity index (χ1) is 25.7. The molecule has 13 N–H and O–H groups in total. The number of nitrogens with one attached hydrogen (secondary N) is 7. The first kappa shape index (κ1) is 45.8. The second kappa shape index (κ2) is 29.1. The fraction of sp³-hybridized carbons (Fsp3) is 0.833. The highest BCUT2D eigenvalue weighted by Gasteiger charge is 2.42. The minimum absolute atomic E-state index is 0.0320. The maximum Gasteiger partial charge on any atom is 0.315 e. The smallest absolute Gasteiger partial charge is 0.315 e. The number of fused-ring (bicyclic) bond motifs is 1. The van der Waals surface area contributed by atoms with Gasteiger partial charge in [0.15, 0.2) is 5.96 Å². The molecule has 2 saturated heterocycles. The summed E-state index contributed by atoms with van der Waals surface area (Å²) in [5, 5.41) is 21.5. The van der Waals surface area contributed by atoms with Crippen LogP contribution < -0.4 is 54.4 Å². The van der Waals surface area contributed by atoms with Crippen molar-refractivity contribution in [3.05, 3.63) is 0 Å². The zero-order chi connectivity index (χ0) is 38.5. The van der Waals surface area contributed by atoms with E-state index in [4.69, 9.17) is 17.2 Å². The van der Waals surface area contributed by atoms with Crippen LogP contribution in [0.5, 0.6) is 0 Å². The number of carbonyl (C=O) groups is 5. The number of amides is 6. The summed E-state index contributed by atoms with van der Waals surface area (Å²) in [4.78, 5) is 65.7. The SMILES string of the molecule is NCCCNCCCCNC(=O)[C@H](CCCCNC(=O)CCCCNC(=O)CCCCC1SCC2NC(=O)NC21)NC(=O)CCCCCCN=C(N)N. The molecule has 2 aliphatic heterocycles. The number of hydrogen-bond acceptors (Lipinski definition) is 9. The Morgan fingerprint density at radius 1 is 0.717 bits per heavy atom. The number of aliphatic imine (C=N–C) groups is 1. The summed E-state index contributed by atoms with van der Waals surface area (Å²) in [6, 6.07) is -0.271. The van der Waals surface area contributed by atoms with Gasteiger partial charge in [-0.05, 0) is 96.7 Å². The van der Waals surface area contributed by atoms with Crippen molar-refractivity contribution >= 4 is 47.4 Å². The summed E-state index contributed by atoms with van der Waals surface area (Å²) >= 11 is 1.89. The number of nitrogens with zero attached hydrogens (tertiary/aromatic N) is 1. The van der Waals surface area contributed by atoms with Crippen LogP contribution in [0.25, 0.3) is 0 Å². The molecule has 3 unspecified atom stereocenters. The summed E-state index contributed by atoms with van der Waals surface area (Å²) in [6.45, 7) is 4.58. The standard InChI is InChI=1S/C36H69N11O5S/c37-19-13-21-40-20-11-12-24-43-34(51)27(45-32(50)18-3-1-2-8-25-44-35(38)39)14-6-9-22-41-31(49)17-7-10-23-42-30(48)16-5-4-15-29-33-28(26-53-29)46-36(52)47-33/h27-29,33,40H,1-26,37H2,(H,41,49)(H,42,48)(H,43,51)(H,45,50)(H4,38,39,44)(H2,46,47,52)/t27-,28?,29?,33?/m0/s1. The van der Waals surface area contributed by atoms with Gasteiger partial charge in [-0.3, -0.25) is 24.2 Å². The lowest BCUT2D eigenvalue weighted by Gasteiger charge is -2.19. The highest BCUT2D eigenvalue weighted by Crippen LogP contribution is 2.33. The molecule has 2 rings (SSSR count). The van der Waals surface area contributed by atoms with Crippen molar-refractivity contribution in [3.63, 3.8) is 0 Å². The summed E-state index contributed by atoms with van der Waals surface area (Å²) in [7, 11) is 0. The number of rotatable bonds is 32. The van der Waals surface area contributed by atoms with E-state index >= 15 is 0 Å². The quantitative estimate of drug-likeness (QED) is 0.0200. The zero-order valence-electron chi connectivity index (χ0n) is 31.8. The van der Waals surface area contributed by atoms with Gasteiger partial charge < -0.3 is 54.4 Å². The van der Waals surface area contributed by atoms with Crippen LogP contribution in [-0.2, 0) is 19.2 Å². The Morgan fingerprint density at radius 3 is 2.06 bits per heavy atom. The van der Waals surface area contributed by atoms with Gasteiger partial charge >= 0.3 is 6.03 Å². The second-order valence-electron chi connectivity index (χ2n) is 14.0. The monoisotopic (exact) mass is 768 g/mol. The first-order valence-electron chi connectivity index (χ1n) is 19.9. The van der Waals surface area contributed by atoms with Crippen LogP contribution in [0.4, 0.5) is 4.79 Å². The minimum Gasteiger partial charge on any atom is -0.370 e. The molecule has 0 aromatic carbocycles. The van der Waals surface area contributed by atoms with Crippen LogP contribution in [0.3, 0.4) is 0 Å². The van der Waals surface area contributed by atoms with E-state index < -0.39 is 6.04 Å². The van der Waals surface area contributed by atoms with Crippen LogP contribution >= 0.6 is 11.8 Å². The topological polar surface area (TPSA) is 260 Å². The summed E-state index contributed by atoms with van der Waals surface area (Å²) in [5.74, 6) is 0.710. The van der Waals surface area contributed by atoms with Gasteiger partial charge in [0, 0.05) is 56.4 Å². The molecule has 0 spiro atoms. The molecule has 53 heavy (non-hydrogen) atoms. The van der Waals surface area contributed by atoms with Crippen LogP contribution in [-0.4, -0.2) is 111 Å². The number of carbonyl (C=O) groups excluding carboxylic acids is 5. The third-order valence-corrected chi connectivity index (χ3v) is 10.9. The van der Waals surface area contributed by atoms with Gasteiger partial charge in [0.2, 0.25) is 23.6 Å². The number of guanidine groups is 1. The summed E-state index contributed by atoms with van der Waals surface area (Å²) in [6.07, 6.45) is 13.3. The number of nitrogens with two attached hydrogens (primary N) is 3. The zero-order valence-corrected chi connectivity index (χ0v) is 32.6. The van der Waals surface area contributed by atoms with Crippen molar-refractivity contribution in [1.82, 2.24) is 37.2 Å². The van der Waals surface area contributed by atoms with Crippen molar-refractivity contribution in [1.29, 1.82) is 0 Å². The van der Waals surface area contributed by atoms with Gasteiger partial charge in [-0.2, -0.15) is 11.8 Å². The van der Waals surface area contributed by atoms with Gasteiger partial charge in [0.05, 0.1) is 12.1 Å². The lowest BCUT2D eigenvalue weighted by molar-refractivity contribution is -0.129. The Morgan fingerprint density at radius 2 is 1.32 bits per heavy atom. The molecule has 4 atom stereocenters. The van der Waals surface area contributed by atoms with E-state index in [1.807, 2.05) is 11.8 Å². The molecule has 0 aliphatic carbocycles. The Bertz CT molecular complexity index is 1110. The average Bonchev–Trinajstić information content (AvgIpc) is 3.68. The molecular weight excluding hydrogens is 699 g/mol. The fourth-order valence-electron chi connectivity index (χ4n) is 6.35. The van der Waals surface area contributed by atoms with Gasteiger partial charge in [-0.25, -0.2) is 4.79 Å². The molecule has 0 saturated carbocycles. The van der Waals surface area contributed by atoms with E-state index in [0.29, 0.717) is 82.9 Å². The summed E-state index contributed by atoms with van der Waals surface area (Å²) < 4.78 is 0. The number of urea groups is 1. The van der Waals surface area contributed by atoms with Gasteiger partial charge in [0.1, 0.15) is 6.04 Å². The normalized spacial score (nSPS) is 18.0. The Hall–Kier alpha value is -3.31. The van der Waals surface area contributed by atoms with Crippen LogP contribution in [0.2, 0.25) is 0 Å². The van der Waals surface area contributed by atoms with E-state index in [0.717, 1.165) is 89.5 Å². The molecule has 0 bridgehead atoms. The largest absolute Gasteiger partial charge is 0.370 e. The van der Waals surface area contributed by atoms with Crippen molar-refractivity contribution in [2.75, 3.05) is 51.6 Å². The molecule has 2 aliphatic rings. The fourth-order valence-corrected chi connectivity index (χ4v) is 7.89. The third kappa shape index (κ3) is 22.5. The summed E-state index contributed by atoms with van der Waals surface area (Å²) in [5.41, 5.74) is 16.2. The van der Waals surface area contributed by atoms with Crippen LogP contribution in [0.1, 0.15) is 116 Å². The van der Waals surface area contributed by atoms with Gasteiger partial charge in [-0.15, -0.1) is 0 Å². The molecule has 304 valence electrons. The highest BCUT2D eigenvalue weighted by molar-refractivity contribution is 8.00. The molecule has 16 nitrogen and oxygen atoms in total. The maximum atomic E-state index is 13.0. The maximum absolute atomic E-state index is 13.0. The Labute approximate surface area is 320 Å². The van der Waals surface area contributed by atoms with Gasteiger partial charge in [0.25, 0.3) is 0 Å². The van der Waals surface area contributed by atoms with E-state index in [9.17, 15) is 24.0 Å². The Balaban J connectivity index is 1.54. The number of unbranched alkanes of at least 4 members (excludes halogenated alkanes) is 7. The molecule has 2 fully saturated rings. The lowest BCUT2D eigenvalue weighted by Crippen LogP contribution is -2.47. The average molecular weight is 768 g/mol. The van der Waals surface area contributed by atoms with Crippen molar-refractivity contribution in [2.24, 2.45) is 22.2 Å². The lowest BCUT2D eigenvalue weighted by atomic mass is 10.0. The molecule has 17 heteroatoms. The van der Waals surface area contributed by atoms with Crippen molar-refractivity contribution in [2.45, 2.75) is 139 Å². The first-order valence-corrected chi connectivity index (χ1v) is 21.0. The predicted molar refractivity (Wildman–Crippen MR) is 212 cm³/mol. The number of thioether (sulfide) groups is 1. The predicted octanol–water partition coefficient (Wildman–Crippen LogP) is 0.829. The van der Waals surface area contributed by atoms with E-state index in [2.05, 4.69) is 42.2 Å². The third-order valence-electron chi connectivity index (χ3n) is 9.37. The Kier molecular flexibility index (Phi) is 25.2. The highest BCUT2D eigenvalue weighted by atomic mass is 32.2. The van der Waals surface area contributed by atoms with E-state index in [-0.39, 0.29) is 47.7 Å². The molecule has 2 heterocycles. The van der Waals surface area contributed by atoms with E-state index in [1.54, 1.807) is 0 Å². The van der Waals surface area contributed by atoms with Crippen LogP contribution in [0.15, 0.2) is 4.99 Å². The van der Waals surface area contributed by atoms with E-state index in [1.165, 1.54) is 0 Å². The molecule has 0 aromatic rings. The van der Waals surface area contributed by atoms with Crippen molar-refractivity contribution in [3.8, 4) is 0 Å². The molecule has 6 amide bonds. The molecular formula is C36H69N11O5S. The number of hydrogen-bond donors (Lipinski definition) is 10.